The van der Waals surface area contributed by atoms with E-state index in [0.717, 1.165) is 15.5 Å². The van der Waals surface area contributed by atoms with E-state index in [2.05, 4.69) is 10.3 Å². The number of furan rings is 2. The first kappa shape index (κ1) is 14.7. The predicted molar refractivity (Wildman–Crippen MR) is 85.0 cm³/mol. The number of hydrogen-bond acceptors (Lipinski definition) is 6. The van der Waals surface area contributed by atoms with Crippen LogP contribution in [0.3, 0.4) is 0 Å². The van der Waals surface area contributed by atoms with Crippen LogP contribution < -0.4 is 5.32 Å². The van der Waals surface area contributed by atoms with Crippen LogP contribution in [0.2, 0.25) is 0 Å². The van der Waals surface area contributed by atoms with Gasteiger partial charge >= 0.3 is 6.03 Å². The van der Waals surface area contributed by atoms with Gasteiger partial charge in [0.15, 0.2) is 5.54 Å². The number of thiazole rings is 1. The van der Waals surface area contributed by atoms with Gasteiger partial charge in [-0.2, -0.15) is 0 Å². The lowest BCUT2D eigenvalue weighted by Crippen LogP contribution is -2.40. The summed E-state index contributed by atoms with van der Waals surface area (Å²) in [6, 6.07) is 4.70. The summed E-state index contributed by atoms with van der Waals surface area (Å²) in [5, 5.41) is 5.29. The van der Waals surface area contributed by atoms with Gasteiger partial charge in [-0.05, 0) is 25.1 Å². The Morgan fingerprint density at radius 1 is 1.33 bits per heavy atom. The SMILES string of the molecule is CC1(c2ccco2)NC(=O)N(Cc2csc(-c3ccoc3)n2)C1=O. The number of rotatable bonds is 4. The number of aromatic nitrogens is 1. The van der Waals surface area contributed by atoms with E-state index >= 15 is 0 Å². The van der Waals surface area contributed by atoms with Gasteiger partial charge in [0.05, 0.1) is 24.8 Å². The first-order chi connectivity index (χ1) is 11.6. The number of nitrogens with zero attached hydrogens (tertiary/aromatic N) is 2. The summed E-state index contributed by atoms with van der Waals surface area (Å²) in [7, 11) is 0. The highest BCUT2D eigenvalue weighted by Gasteiger charge is 2.51. The Morgan fingerprint density at radius 3 is 2.92 bits per heavy atom. The third kappa shape index (κ3) is 2.23. The molecule has 1 saturated heterocycles. The number of hydrogen-bond donors (Lipinski definition) is 1. The second kappa shape index (κ2) is 5.34. The minimum absolute atomic E-state index is 0.106. The first-order valence-corrected chi connectivity index (χ1v) is 8.11. The summed E-state index contributed by atoms with van der Waals surface area (Å²) in [4.78, 5) is 30.6. The van der Waals surface area contributed by atoms with Gasteiger partial charge < -0.3 is 14.2 Å². The molecule has 24 heavy (non-hydrogen) atoms. The van der Waals surface area contributed by atoms with E-state index in [0.29, 0.717) is 11.5 Å². The Bertz CT molecular complexity index is 884. The Balaban J connectivity index is 1.57. The van der Waals surface area contributed by atoms with E-state index in [-0.39, 0.29) is 12.5 Å². The minimum atomic E-state index is -1.19. The zero-order valence-corrected chi connectivity index (χ0v) is 13.5. The van der Waals surface area contributed by atoms with Gasteiger partial charge in [0.25, 0.3) is 5.91 Å². The van der Waals surface area contributed by atoms with Crippen LogP contribution >= 0.6 is 11.3 Å². The molecule has 7 nitrogen and oxygen atoms in total. The lowest BCUT2D eigenvalue weighted by Gasteiger charge is -2.18. The van der Waals surface area contributed by atoms with Gasteiger partial charge in [0.1, 0.15) is 17.0 Å². The molecular weight excluding hydrogens is 330 g/mol. The molecule has 3 aromatic heterocycles. The third-order valence-electron chi connectivity index (χ3n) is 3.93. The standard InChI is InChI=1S/C16H13N3O4S/c1-16(12-3-2-5-23-12)14(20)19(15(21)18-16)7-11-9-24-13(17-11)10-4-6-22-8-10/h2-6,8-9H,7H2,1H3,(H,18,21). The molecular formula is C16H13N3O4S. The molecule has 0 bridgehead atoms. The molecule has 4 heterocycles. The summed E-state index contributed by atoms with van der Waals surface area (Å²) < 4.78 is 10.3. The summed E-state index contributed by atoms with van der Waals surface area (Å²) in [5.41, 5.74) is 0.316. The van der Waals surface area contributed by atoms with Crippen molar-refractivity contribution in [1.29, 1.82) is 0 Å². The molecule has 4 rings (SSSR count). The van der Waals surface area contributed by atoms with Gasteiger partial charge in [-0.15, -0.1) is 11.3 Å². The lowest BCUT2D eigenvalue weighted by atomic mass is 9.99. The average molecular weight is 343 g/mol. The van der Waals surface area contributed by atoms with Gasteiger partial charge in [-0.25, -0.2) is 9.78 Å². The Labute approximate surface area is 140 Å². The van der Waals surface area contributed by atoms with Crippen LogP contribution in [0.4, 0.5) is 4.79 Å². The minimum Gasteiger partial charge on any atom is -0.472 e. The molecule has 122 valence electrons. The van der Waals surface area contributed by atoms with Crippen molar-refractivity contribution in [3.63, 3.8) is 0 Å². The highest BCUT2D eigenvalue weighted by Crippen LogP contribution is 2.31. The number of carbonyl (C=O) groups is 2. The largest absolute Gasteiger partial charge is 0.472 e. The topological polar surface area (TPSA) is 88.6 Å². The van der Waals surface area contributed by atoms with E-state index in [9.17, 15) is 9.59 Å². The fraction of sp³-hybridized carbons (Fsp3) is 0.188. The normalized spacial score (nSPS) is 20.6. The van der Waals surface area contributed by atoms with Gasteiger partial charge in [0.2, 0.25) is 0 Å². The van der Waals surface area contributed by atoms with Crippen molar-refractivity contribution in [2.24, 2.45) is 0 Å². The quantitative estimate of drug-likeness (QED) is 0.736. The smallest absolute Gasteiger partial charge is 0.325 e. The van der Waals surface area contributed by atoms with Crippen molar-refractivity contribution in [2.45, 2.75) is 19.0 Å². The van der Waals surface area contributed by atoms with Gasteiger partial charge in [0, 0.05) is 10.9 Å². The summed E-state index contributed by atoms with van der Waals surface area (Å²) >= 11 is 1.43. The van der Waals surface area contributed by atoms with Crippen LogP contribution in [0.15, 0.2) is 51.2 Å². The van der Waals surface area contributed by atoms with Crippen molar-refractivity contribution in [3.05, 3.63) is 53.8 Å². The van der Waals surface area contributed by atoms with Crippen LogP contribution in [0.5, 0.6) is 0 Å². The second-order valence-corrected chi connectivity index (χ2v) is 6.44. The zero-order valence-electron chi connectivity index (χ0n) is 12.7. The molecule has 8 heteroatoms. The van der Waals surface area contributed by atoms with Gasteiger partial charge in [-0.3, -0.25) is 9.69 Å². The number of urea groups is 1. The van der Waals surface area contributed by atoms with Crippen LogP contribution in [0.1, 0.15) is 18.4 Å². The lowest BCUT2D eigenvalue weighted by molar-refractivity contribution is -0.132. The van der Waals surface area contributed by atoms with Crippen LogP contribution in [-0.2, 0) is 16.9 Å². The molecule has 0 aromatic carbocycles. The third-order valence-corrected chi connectivity index (χ3v) is 4.87. The Hall–Kier alpha value is -2.87. The zero-order chi connectivity index (χ0) is 16.7. The maximum absolute atomic E-state index is 12.7. The highest BCUT2D eigenvalue weighted by molar-refractivity contribution is 7.13. The molecule has 3 amide bonds. The number of amides is 3. The van der Waals surface area contributed by atoms with Crippen molar-refractivity contribution >= 4 is 23.3 Å². The molecule has 1 aliphatic rings. The molecule has 1 aliphatic heterocycles. The predicted octanol–water partition coefficient (Wildman–Crippen LogP) is 2.96. The van der Waals surface area contributed by atoms with Crippen LogP contribution in [-0.4, -0.2) is 21.8 Å². The van der Waals surface area contributed by atoms with E-state index in [1.165, 1.54) is 17.6 Å². The van der Waals surface area contributed by atoms with E-state index in [4.69, 9.17) is 8.83 Å². The summed E-state index contributed by atoms with van der Waals surface area (Å²) in [5.74, 6) is 0.0426. The molecule has 0 radical (unpaired) electrons. The monoisotopic (exact) mass is 343 g/mol. The van der Waals surface area contributed by atoms with Crippen LogP contribution in [0.25, 0.3) is 10.6 Å². The maximum atomic E-state index is 12.7. The van der Waals surface area contributed by atoms with E-state index < -0.39 is 11.6 Å². The molecule has 1 unspecified atom stereocenters. The number of nitrogens with one attached hydrogen (secondary N) is 1. The van der Waals surface area contributed by atoms with Crippen molar-refractivity contribution < 1.29 is 18.4 Å². The van der Waals surface area contributed by atoms with E-state index in [1.54, 1.807) is 31.6 Å². The molecule has 3 aromatic rings. The van der Waals surface area contributed by atoms with Gasteiger partial charge in [-0.1, -0.05) is 0 Å². The van der Waals surface area contributed by atoms with E-state index in [1.807, 2.05) is 11.4 Å². The average Bonchev–Trinajstić information content (AvgIpc) is 3.34. The molecule has 1 fully saturated rings. The molecule has 1 N–H and O–H groups in total. The highest BCUT2D eigenvalue weighted by atomic mass is 32.1. The molecule has 0 aliphatic carbocycles. The van der Waals surface area contributed by atoms with Crippen LogP contribution in [0, 0.1) is 0 Å². The number of carbonyl (C=O) groups excluding carboxylic acids is 2. The Morgan fingerprint density at radius 2 is 2.21 bits per heavy atom. The first-order valence-electron chi connectivity index (χ1n) is 7.23. The van der Waals surface area contributed by atoms with Crippen molar-refractivity contribution in [3.8, 4) is 10.6 Å². The molecule has 0 saturated carbocycles. The summed E-state index contributed by atoms with van der Waals surface area (Å²) in [6.45, 7) is 1.74. The fourth-order valence-corrected chi connectivity index (χ4v) is 3.43. The number of imide groups is 1. The second-order valence-electron chi connectivity index (χ2n) is 5.58. The fourth-order valence-electron chi connectivity index (χ4n) is 2.63. The van der Waals surface area contributed by atoms with Crippen molar-refractivity contribution in [2.75, 3.05) is 0 Å². The molecule has 0 spiro atoms. The maximum Gasteiger partial charge on any atom is 0.325 e. The summed E-state index contributed by atoms with van der Waals surface area (Å²) in [6.07, 6.45) is 4.65. The Kier molecular flexibility index (Phi) is 3.27. The van der Waals surface area contributed by atoms with Crippen molar-refractivity contribution in [1.82, 2.24) is 15.2 Å². The molecule has 1 atom stereocenters.